The van der Waals surface area contributed by atoms with Crippen molar-refractivity contribution >= 4 is 5.69 Å². The molecule has 1 aromatic carbocycles. The van der Waals surface area contributed by atoms with E-state index in [0.717, 1.165) is 24.3 Å². The lowest BCUT2D eigenvalue weighted by Gasteiger charge is -2.07. The Morgan fingerprint density at radius 1 is 1.00 bits per heavy atom. The molecule has 1 aromatic heterocycles. The van der Waals surface area contributed by atoms with Crippen LogP contribution in [0.2, 0.25) is 0 Å². The van der Waals surface area contributed by atoms with Crippen molar-refractivity contribution in [1.29, 1.82) is 0 Å². The second kappa shape index (κ2) is 5.48. The third kappa shape index (κ3) is 3.31. The number of hydrogen-bond acceptors (Lipinski definition) is 2. The van der Waals surface area contributed by atoms with Gasteiger partial charge < -0.3 is 5.32 Å². The maximum Gasteiger partial charge on any atom is 0.0529 e. The number of anilines is 1. The molecule has 0 fully saturated rings. The molecular formula is C15H18N2. The molecule has 17 heavy (non-hydrogen) atoms. The van der Waals surface area contributed by atoms with Crippen LogP contribution in [-0.4, -0.2) is 4.98 Å². The van der Waals surface area contributed by atoms with E-state index in [1.165, 1.54) is 11.1 Å². The highest BCUT2D eigenvalue weighted by molar-refractivity contribution is 5.41. The Hall–Kier alpha value is -1.83. The molecule has 0 amide bonds. The van der Waals surface area contributed by atoms with Crippen LogP contribution in [-0.2, 0) is 13.0 Å². The van der Waals surface area contributed by atoms with Crippen molar-refractivity contribution in [3.63, 3.8) is 0 Å². The molecule has 0 aliphatic rings. The van der Waals surface area contributed by atoms with Crippen LogP contribution in [0.25, 0.3) is 0 Å². The van der Waals surface area contributed by atoms with Gasteiger partial charge in [0.1, 0.15) is 0 Å². The van der Waals surface area contributed by atoms with Crippen molar-refractivity contribution < 1.29 is 0 Å². The second-order valence-corrected chi connectivity index (χ2v) is 4.21. The zero-order valence-corrected chi connectivity index (χ0v) is 10.4. The van der Waals surface area contributed by atoms with Crippen LogP contribution >= 0.6 is 0 Å². The second-order valence-electron chi connectivity index (χ2n) is 4.21. The number of nitrogens with one attached hydrogen (secondary N) is 1. The first kappa shape index (κ1) is 11.6. The first-order valence-corrected chi connectivity index (χ1v) is 6.02. The lowest BCUT2D eigenvalue weighted by Crippen LogP contribution is -2.00. The molecule has 0 unspecified atom stereocenters. The van der Waals surface area contributed by atoms with Crippen LogP contribution in [0.3, 0.4) is 0 Å². The van der Waals surface area contributed by atoms with Crippen molar-refractivity contribution in [3.8, 4) is 0 Å². The molecule has 2 rings (SSSR count). The fourth-order valence-electron chi connectivity index (χ4n) is 1.67. The maximum absolute atomic E-state index is 4.26. The summed E-state index contributed by atoms with van der Waals surface area (Å²) in [4.78, 5) is 4.26. The van der Waals surface area contributed by atoms with Gasteiger partial charge in [-0.3, -0.25) is 4.98 Å². The Kier molecular flexibility index (Phi) is 3.76. The summed E-state index contributed by atoms with van der Waals surface area (Å²) < 4.78 is 0. The molecule has 1 N–H and O–H groups in total. The van der Waals surface area contributed by atoms with E-state index in [1.54, 1.807) is 0 Å². The van der Waals surface area contributed by atoms with E-state index in [2.05, 4.69) is 47.6 Å². The van der Waals surface area contributed by atoms with E-state index in [1.807, 2.05) is 19.2 Å². The molecule has 2 nitrogen and oxygen atoms in total. The zero-order chi connectivity index (χ0) is 12.1. The predicted octanol–water partition coefficient (Wildman–Crippen LogP) is 3.56. The summed E-state index contributed by atoms with van der Waals surface area (Å²) in [6.45, 7) is 5.01. The van der Waals surface area contributed by atoms with Crippen LogP contribution < -0.4 is 5.32 Å². The first-order chi connectivity index (χ1) is 8.28. The minimum Gasteiger partial charge on any atom is -0.380 e. The molecule has 0 radical (unpaired) electrons. The van der Waals surface area contributed by atoms with Crippen molar-refractivity contribution in [2.45, 2.75) is 26.8 Å². The van der Waals surface area contributed by atoms with E-state index < -0.39 is 0 Å². The molecule has 2 aromatic rings. The van der Waals surface area contributed by atoms with Crippen molar-refractivity contribution in [2.75, 3.05) is 5.32 Å². The van der Waals surface area contributed by atoms with Gasteiger partial charge in [0.05, 0.1) is 11.9 Å². The molecule has 2 heteroatoms. The number of hydrogen-bond donors (Lipinski definition) is 1. The number of pyridine rings is 1. The zero-order valence-electron chi connectivity index (χ0n) is 10.4. The molecule has 88 valence electrons. The molecule has 0 bridgehead atoms. The maximum atomic E-state index is 4.26. The van der Waals surface area contributed by atoms with Crippen molar-refractivity contribution in [1.82, 2.24) is 4.98 Å². The van der Waals surface area contributed by atoms with Crippen LogP contribution in [0, 0.1) is 6.92 Å². The third-order valence-corrected chi connectivity index (χ3v) is 2.84. The Morgan fingerprint density at radius 2 is 1.71 bits per heavy atom. The Morgan fingerprint density at radius 3 is 2.29 bits per heavy atom. The summed E-state index contributed by atoms with van der Waals surface area (Å²) in [5.74, 6) is 0. The fraction of sp³-hybridized carbons (Fsp3) is 0.267. The topological polar surface area (TPSA) is 24.9 Å². The summed E-state index contributed by atoms with van der Waals surface area (Å²) in [7, 11) is 0. The minimum absolute atomic E-state index is 0.842. The van der Waals surface area contributed by atoms with Gasteiger partial charge in [0.25, 0.3) is 0 Å². The van der Waals surface area contributed by atoms with E-state index in [9.17, 15) is 0 Å². The van der Waals surface area contributed by atoms with Gasteiger partial charge in [0, 0.05) is 12.2 Å². The highest BCUT2D eigenvalue weighted by atomic mass is 14.9. The molecule has 1 heterocycles. The van der Waals surface area contributed by atoms with Crippen LogP contribution in [0.15, 0.2) is 42.6 Å². The molecule has 0 saturated heterocycles. The Bertz CT molecular complexity index is 457. The Balaban J connectivity index is 1.95. The average Bonchev–Trinajstić information content (AvgIpc) is 2.39. The molecule has 0 atom stereocenters. The Labute approximate surface area is 103 Å². The van der Waals surface area contributed by atoms with Gasteiger partial charge in [-0.2, -0.15) is 0 Å². The normalized spacial score (nSPS) is 10.2. The number of aromatic nitrogens is 1. The van der Waals surface area contributed by atoms with Gasteiger partial charge in [0.15, 0.2) is 0 Å². The van der Waals surface area contributed by atoms with Crippen molar-refractivity contribution in [3.05, 3.63) is 59.4 Å². The lowest BCUT2D eigenvalue weighted by molar-refractivity contribution is 1.10. The molecule has 0 spiro atoms. The summed E-state index contributed by atoms with van der Waals surface area (Å²) in [6.07, 6.45) is 2.96. The van der Waals surface area contributed by atoms with Gasteiger partial charge in [-0.1, -0.05) is 31.2 Å². The number of rotatable bonds is 4. The molecular weight excluding hydrogens is 208 g/mol. The minimum atomic E-state index is 0.842. The number of benzene rings is 1. The predicted molar refractivity (Wildman–Crippen MR) is 72.1 cm³/mol. The standard InChI is InChI=1S/C15H18N2/c1-3-13-5-7-14(8-6-13)10-17-15-9-4-12(2)16-11-15/h4-9,11,17H,3,10H2,1-2H3. The smallest absolute Gasteiger partial charge is 0.0529 e. The number of aryl methyl sites for hydroxylation is 2. The highest BCUT2D eigenvalue weighted by Crippen LogP contribution is 2.09. The van der Waals surface area contributed by atoms with E-state index in [-0.39, 0.29) is 0 Å². The van der Waals surface area contributed by atoms with Gasteiger partial charge in [0.2, 0.25) is 0 Å². The number of nitrogens with zero attached hydrogens (tertiary/aromatic N) is 1. The quantitative estimate of drug-likeness (QED) is 0.862. The summed E-state index contributed by atoms with van der Waals surface area (Å²) >= 11 is 0. The van der Waals surface area contributed by atoms with E-state index in [4.69, 9.17) is 0 Å². The fourth-order valence-corrected chi connectivity index (χ4v) is 1.67. The van der Waals surface area contributed by atoms with Gasteiger partial charge >= 0.3 is 0 Å². The lowest BCUT2D eigenvalue weighted by atomic mass is 10.1. The molecule has 0 aliphatic carbocycles. The van der Waals surface area contributed by atoms with Crippen molar-refractivity contribution in [2.24, 2.45) is 0 Å². The largest absolute Gasteiger partial charge is 0.380 e. The van der Waals surface area contributed by atoms with Crippen LogP contribution in [0.5, 0.6) is 0 Å². The highest BCUT2D eigenvalue weighted by Gasteiger charge is 1.95. The van der Waals surface area contributed by atoms with Crippen LogP contribution in [0.4, 0.5) is 5.69 Å². The third-order valence-electron chi connectivity index (χ3n) is 2.84. The van der Waals surface area contributed by atoms with Crippen LogP contribution in [0.1, 0.15) is 23.7 Å². The monoisotopic (exact) mass is 226 g/mol. The van der Waals surface area contributed by atoms with E-state index in [0.29, 0.717) is 0 Å². The van der Waals surface area contributed by atoms with E-state index >= 15 is 0 Å². The summed E-state index contributed by atoms with van der Waals surface area (Å²) in [5.41, 5.74) is 4.78. The van der Waals surface area contributed by atoms with Gasteiger partial charge in [-0.05, 0) is 36.6 Å². The summed E-state index contributed by atoms with van der Waals surface area (Å²) in [6, 6.07) is 12.8. The van der Waals surface area contributed by atoms with Gasteiger partial charge in [-0.25, -0.2) is 0 Å². The molecule has 0 aliphatic heterocycles. The summed E-state index contributed by atoms with van der Waals surface area (Å²) in [5, 5.41) is 3.36. The SMILES string of the molecule is CCc1ccc(CNc2ccc(C)nc2)cc1. The average molecular weight is 226 g/mol. The first-order valence-electron chi connectivity index (χ1n) is 6.02. The van der Waals surface area contributed by atoms with Gasteiger partial charge in [-0.15, -0.1) is 0 Å². The molecule has 0 saturated carbocycles.